The lowest BCUT2D eigenvalue weighted by atomic mass is 10.1. The van der Waals surface area contributed by atoms with Gasteiger partial charge in [-0.1, -0.05) is 12.1 Å². The molecule has 1 atom stereocenters. The number of carboxylic acid groups (broad SMARTS) is 1. The van der Waals surface area contributed by atoms with Gasteiger partial charge in [-0.2, -0.15) is 4.98 Å². The fourth-order valence-electron chi connectivity index (χ4n) is 4.24. The van der Waals surface area contributed by atoms with Crippen molar-refractivity contribution in [1.29, 1.82) is 0 Å². The number of nitrogens with zero attached hydrogens (tertiary/aromatic N) is 6. The number of hydrogen-bond donors (Lipinski definition) is 2. The van der Waals surface area contributed by atoms with E-state index in [9.17, 15) is 4.79 Å². The first kappa shape index (κ1) is 26.6. The number of hydrogen-bond acceptors (Lipinski definition) is 11. The highest BCUT2D eigenvalue weighted by atomic mass is 16.5. The molecular weight excluding hydrogens is 514 g/mol. The molecule has 0 amide bonds. The first-order valence-electron chi connectivity index (χ1n) is 13.0. The van der Waals surface area contributed by atoms with Crippen molar-refractivity contribution in [2.24, 2.45) is 0 Å². The van der Waals surface area contributed by atoms with E-state index in [1.54, 1.807) is 55.1 Å². The summed E-state index contributed by atoms with van der Waals surface area (Å²) in [7, 11) is 0. The molecule has 1 aromatic carbocycles. The highest BCUT2D eigenvalue weighted by Crippen LogP contribution is 2.28. The van der Waals surface area contributed by atoms with Crippen LogP contribution in [0.25, 0.3) is 0 Å². The number of nitrogens with one attached hydrogen (secondary N) is 1. The molecule has 5 rings (SSSR count). The van der Waals surface area contributed by atoms with Gasteiger partial charge in [-0.25, -0.2) is 15.0 Å². The van der Waals surface area contributed by atoms with Crippen molar-refractivity contribution in [2.45, 2.75) is 32.3 Å². The molecule has 0 saturated carbocycles. The number of benzene rings is 1. The minimum Gasteiger partial charge on any atom is -0.488 e. The van der Waals surface area contributed by atoms with Crippen LogP contribution in [-0.2, 0) is 11.2 Å². The monoisotopic (exact) mass is 543 g/mol. The van der Waals surface area contributed by atoms with Crippen LogP contribution in [-0.4, -0.2) is 61.8 Å². The third kappa shape index (κ3) is 7.10. The van der Waals surface area contributed by atoms with Crippen molar-refractivity contribution >= 4 is 23.6 Å². The summed E-state index contributed by atoms with van der Waals surface area (Å²) in [6, 6.07) is 12.1. The number of carbonyl (C=O) groups is 1. The average Bonchev–Trinajstić information content (AvgIpc) is 2.96. The molecule has 0 spiro atoms. The maximum atomic E-state index is 10.9. The summed E-state index contributed by atoms with van der Waals surface area (Å²) in [6.07, 6.45) is 8.29. The van der Waals surface area contributed by atoms with Gasteiger partial charge in [0.05, 0.1) is 32.0 Å². The molecule has 12 heteroatoms. The van der Waals surface area contributed by atoms with E-state index in [1.807, 2.05) is 19.1 Å². The summed E-state index contributed by atoms with van der Waals surface area (Å²) in [5.74, 6) is 2.58. The number of piperidine rings is 1. The molecule has 1 saturated heterocycles. The van der Waals surface area contributed by atoms with Gasteiger partial charge in [0.2, 0.25) is 11.8 Å². The maximum Gasteiger partial charge on any atom is 0.307 e. The molecule has 206 valence electrons. The summed E-state index contributed by atoms with van der Waals surface area (Å²) < 4.78 is 17.7. The van der Waals surface area contributed by atoms with Gasteiger partial charge in [0.1, 0.15) is 17.7 Å². The molecule has 1 aliphatic heterocycles. The molecule has 3 aromatic heterocycles. The lowest BCUT2D eigenvalue weighted by Gasteiger charge is -2.33. The van der Waals surface area contributed by atoms with Gasteiger partial charge in [-0.05, 0) is 49.6 Å². The second-order valence-electron chi connectivity index (χ2n) is 8.99. The third-order valence-electron chi connectivity index (χ3n) is 6.01. The topological polar surface area (TPSA) is 145 Å². The Balaban J connectivity index is 1.22. The zero-order valence-electron chi connectivity index (χ0n) is 21.9. The summed E-state index contributed by atoms with van der Waals surface area (Å²) in [6.45, 7) is 3.92. The van der Waals surface area contributed by atoms with Crippen molar-refractivity contribution < 1.29 is 24.1 Å². The minimum absolute atomic E-state index is 0.0495. The second kappa shape index (κ2) is 12.7. The van der Waals surface area contributed by atoms with Crippen LogP contribution in [0, 0.1) is 0 Å². The van der Waals surface area contributed by atoms with Crippen LogP contribution < -0.4 is 24.4 Å². The first-order chi connectivity index (χ1) is 19.6. The zero-order chi connectivity index (χ0) is 27.7. The molecule has 12 nitrogen and oxygen atoms in total. The van der Waals surface area contributed by atoms with E-state index in [0.717, 1.165) is 19.4 Å². The van der Waals surface area contributed by atoms with Gasteiger partial charge in [0.15, 0.2) is 11.6 Å². The minimum atomic E-state index is -0.888. The second-order valence-corrected chi connectivity index (χ2v) is 8.99. The third-order valence-corrected chi connectivity index (χ3v) is 6.01. The largest absolute Gasteiger partial charge is 0.488 e. The van der Waals surface area contributed by atoms with Crippen LogP contribution in [0.3, 0.4) is 0 Å². The van der Waals surface area contributed by atoms with Crippen LogP contribution in [0.5, 0.6) is 23.3 Å². The van der Waals surface area contributed by atoms with Gasteiger partial charge < -0.3 is 29.5 Å². The number of rotatable bonds is 11. The Morgan fingerprint density at radius 1 is 1.10 bits per heavy atom. The van der Waals surface area contributed by atoms with Crippen LogP contribution in [0.2, 0.25) is 0 Å². The SMILES string of the molecule is CCOc1cccnc1O[C@@H]1CCCN(c2cncc(Nc3nccc(Oc4ccc(CC(=O)O)cc4)n3)n2)C1. The van der Waals surface area contributed by atoms with E-state index in [1.165, 1.54) is 0 Å². The van der Waals surface area contributed by atoms with E-state index in [4.69, 9.17) is 24.3 Å². The van der Waals surface area contributed by atoms with Crippen molar-refractivity contribution in [2.75, 3.05) is 29.9 Å². The van der Waals surface area contributed by atoms with Gasteiger partial charge in [0.25, 0.3) is 5.88 Å². The highest BCUT2D eigenvalue weighted by Gasteiger charge is 2.24. The van der Waals surface area contributed by atoms with Crippen LogP contribution >= 0.6 is 0 Å². The number of pyridine rings is 1. The van der Waals surface area contributed by atoms with Crippen molar-refractivity contribution in [3.8, 4) is 23.3 Å². The van der Waals surface area contributed by atoms with Gasteiger partial charge in [-0.3, -0.25) is 9.78 Å². The smallest absolute Gasteiger partial charge is 0.307 e. The van der Waals surface area contributed by atoms with Gasteiger partial charge in [0, 0.05) is 25.0 Å². The highest BCUT2D eigenvalue weighted by molar-refractivity contribution is 5.70. The molecule has 4 aromatic rings. The number of aliphatic carboxylic acids is 1. The molecule has 0 unspecified atom stereocenters. The van der Waals surface area contributed by atoms with Crippen molar-refractivity contribution in [3.05, 3.63) is 72.8 Å². The fraction of sp³-hybridized carbons (Fsp3) is 0.286. The van der Waals surface area contributed by atoms with E-state index in [2.05, 4.69) is 30.2 Å². The lowest BCUT2D eigenvalue weighted by molar-refractivity contribution is -0.136. The van der Waals surface area contributed by atoms with Gasteiger partial charge in [-0.15, -0.1) is 0 Å². The molecule has 1 aliphatic rings. The fourth-order valence-corrected chi connectivity index (χ4v) is 4.24. The Hall–Kier alpha value is -5.00. The Morgan fingerprint density at radius 3 is 2.80 bits per heavy atom. The van der Waals surface area contributed by atoms with E-state index in [0.29, 0.717) is 59.6 Å². The van der Waals surface area contributed by atoms with Crippen molar-refractivity contribution in [3.63, 3.8) is 0 Å². The molecule has 4 heterocycles. The van der Waals surface area contributed by atoms with E-state index >= 15 is 0 Å². The number of ether oxygens (including phenoxy) is 3. The molecule has 0 radical (unpaired) electrons. The van der Waals surface area contributed by atoms with Gasteiger partial charge >= 0.3 is 5.97 Å². The molecule has 0 aliphatic carbocycles. The average molecular weight is 544 g/mol. The van der Waals surface area contributed by atoms with E-state index < -0.39 is 5.97 Å². The number of anilines is 3. The summed E-state index contributed by atoms with van der Waals surface area (Å²) in [5, 5.41) is 12.0. The normalized spacial score (nSPS) is 14.8. The molecular formula is C28H29N7O5. The number of carboxylic acids is 1. The van der Waals surface area contributed by atoms with E-state index in [-0.39, 0.29) is 12.5 Å². The Morgan fingerprint density at radius 2 is 1.98 bits per heavy atom. The Kier molecular flexibility index (Phi) is 8.44. The maximum absolute atomic E-state index is 10.9. The first-order valence-corrected chi connectivity index (χ1v) is 13.0. The standard InChI is InChI=1S/C28H29N7O5/c1-2-38-22-6-3-12-30-27(22)40-21-5-4-14-35(18-21)24-17-29-16-23(32-24)33-28-31-13-11-25(34-28)39-20-9-7-19(8-10-20)15-26(36)37/h3,6-13,16-17,21H,2,4-5,14-15,18H2,1H3,(H,36,37)(H,31,32,33,34)/t21-/m1/s1. The van der Waals surface area contributed by atoms with Crippen LogP contribution in [0.4, 0.5) is 17.6 Å². The van der Waals surface area contributed by atoms with Crippen LogP contribution in [0.1, 0.15) is 25.3 Å². The van der Waals surface area contributed by atoms with Crippen molar-refractivity contribution in [1.82, 2.24) is 24.9 Å². The summed E-state index contributed by atoms with van der Waals surface area (Å²) >= 11 is 0. The summed E-state index contributed by atoms with van der Waals surface area (Å²) in [5.41, 5.74) is 0.682. The quantitative estimate of drug-likeness (QED) is 0.279. The lowest BCUT2D eigenvalue weighted by Crippen LogP contribution is -2.41. The molecule has 40 heavy (non-hydrogen) atoms. The molecule has 1 fully saturated rings. The summed E-state index contributed by atoms with van der Waals surface area (Å²) in [4.78, 5) is 35.1. The molecule has 0 bridgehead atoms. The Labute approximate surface area is 231 Å². The number of aromatic nitrogens is 5. The predicted octanol–water partition coefficient (Wildman–Crippen LogP) is 4.27. The predicted molar refractivity (Wildman–Crippen MR) is 146 cm³/mol. The zero-order valence-corrected chi connectivity index (χ0v) is 21.9. The Bertz CT molecular complexity index is 1440. The molecule has 2 N–H and O–H groups in total. The van der Waals surface area contributed by atoms with Crippen LogP contribution in [0.15, 0.2) is 67.3 Å².